The second kappa shape index (κ2) is 9.04. The lowest BCUT2D eigenvalue weighted by atomic mass is 10.1. The van der Waals surface area contributed by atoms with Gasteiger partial charge in [-0.1, -0.05) is 0 Å². The van der Waals surface area contributed by atoms with Crippen molar-refractivity contribution in [3.8, 4) is 6.07 Å². The Labute approximate surface area is 152 Å². The molecule has 0 radical (unpaired) electrons. The third-order valence-electron chi connectivity index (χ3n) is 5.02. The lowest BCUT2D eigenvalue weighted by molar-refractivity contribution is 0.0538. The summed E-state index contributed by atoms with van der Waals surface area (Å²) in [5.74, 6) is 0. The van der Waals surface area contributed by atoms with Crippen LogP contribution in [0.15, 0.2) is 18.2 Å². The summed E-state index contributed by atoms with van der Waals surface area (Å²) >= 11 is 0. The van der Waals surface area contributed by atoms with Gasteiger partial charge in [0.2, 0.25) is 0 Å². The number of anilines is 2. The third-order valence-corrected chi connectivity index (χ3v) is 5.02. The van der Waals surface area contributed by atoms with Crippen LogP contribution < -0.4 is 10.6 Å². The van der Waals surface area contributed by atoms with Crippen LogP contribution in [0.5, 0.6) is 0 Å². The minimum atomic E-state index is 0.569. The minimum Gasteiger partial charge on any atom is -0.399 e. The molecule has 1 unspecified atom stereocenters. The van der Waals surface area contributed by atoms with Crippen molar-refractivity contribution in [1.29, 1.82) is 5.26 Å². The zero-order valence-corrected chi connectivity index (χ0v) is 16.1. The molecule has 2 fully saturated rings. The van der Waals surface area contributed by atoms with Crippen LogP contribution in [0.4, 0.5) is 11.4 Å². The number of likely N-dealkylation sites (N-methyl/N-ethyl adjacent to an activating group) is 1. The predicted molar refractivity (Wildman–Crippen MR) is 104 cm³/mol. The van der Waals surface area contributed by atoms with E-state index in [9.17, 15) is 0 Å². The van der Waals surface area contributed by atoms with Crippen molar-refractivity contribution in [3.05, 3.63) is 23.8 Å². The maximum absolute atomic E-state index is 9.14. The van der Waals surface area contributed by atoms with Gasteiger partial charge in [-0.2, -0.15) is 5.26 Å². The first kappa shape index (κ1) is 19.5. The van der Waals surface area contributed by atoms with Crippen LogP contribution in [-0.2, 0) is 0 Å². The SMILES string of the molecule is CN(C)C1CCN(c2ccc(N)cc2C#N)C1.CN(C)N1CCCC1. The molecule has 0 aromatic heterocycles. The molecule has 1 aromatic rings. The average molecular weight is 345 g/mol. The van der Waals surface area contributed by atoms with Crippen LogP contribution in [0.3, 0.4) is 0 Å². The lowest BCUT2D eigenvalue weighted by Crippen LogP contribution is -2.33. The average Bonchev–Trinajstić information content (AvgIpc) is 3.27. The number of benzene rings is 1. The molecule has 0 saturated carbocycles. The molecule has 2 heterocycles. The molecule has 6 heteroatoms. The summed E-state index contributed by atoms with van der Waals surface area (Å²) in [6.07, 6.45) is 3.89. The summed E-state index contributed by atoms with van der Waals surface area (Å²) < 4.78 is 0. The van der Waals surface area contributed by atoms with Gasteiger partial charge >= 0.3 is 0 Å². The number of hydrazine groups is 1. The number of hydrogen-bond donors (Lipinski definition) is 1. The number of nitrogens with zero attached hydrogens (tertiary/aromatic N) is 5. The first-order chi connectivity index (χ1) is 11.9. The van der Waals surface area contributed by atoms with Gasteiger partial charge < -0.3 is 15.5 Å². The summed E-state index contributed by atoms with van der Waals surface area (Å²) in [7, 11) is 8.40. The van der Waals surface area contributed by atoms with Gasteiger partial charge in [0.15, 0.2) is 0 Å². The lowest BCUT2D eigenvalue weighted by Gasteiger charge is -2.22. The van der Waals surface area contributed by atoms with Gasteiger partial charge in [-0.05, 0) is 51.6 Å². The van der Waals surface area contributed by atoms with Gasteiger partial charge in [-0.25, -0.2) is 10.0 Å². The Bertz CT molecular complexity index is 586. The Balaban J connectivity index is 0.000000236. The normalized spacial score (nSPS) is 20.7. The van der Waals surface area contributed by atoms with E-state index >= 15 is 0 Å². The van der Waals surface area contributed by atoms with Crippen molar-refractivity contribution < 1.29 is 0 Å². The topological polar surface area (TPSA) is 62.8 Å². The summed E-state index contributed by atoms with van der Waals surface area (Å²) in [4.78, 5) is 4.51. The molecule has 0 spiro atoms. The molecule has 1 aromatic carbocycles. The monoisotopic (exact) mass is 344 g/mol. The van der Waals surface area contributed by atoms with E-state index in [0.717, 1.165) is 25.2 Å². The smallest absolute Gasteiger partial charge is 0.101 e. The van der Waals surface area contributed by atoms with Crippen molar-refractivity contribution >= 4 is 11.4 Å². The molecule has 2 aliphatic rings. The fraction of sp³-hybridized carbons (Fsp3) is 0.632. The van der Waals surface area contributed by atoms with Gasteiger partial charge in [0.05, 0.1) is 11.3 Å². The van der Waals surface area contributed by atoms with E-state index in [2.05, 4.69) is 54.1 Å². The van der Waals surface area contributed by atoms with Gasteiger partial charge in [-0.3, -0.25) is 0 Å². The predicted octanol–water partition coefficient (Wildman–Crippen LogP) is 1.84. The molecular weight excluding hydrogens is 312 g/mol. The van der Waals surface area contributed by atoms with E-state index in [1.807, 2.05) is 12.1 Å². The summed E-state index contributed by atoms with van der Waals surface area (Å²) in [5, 5.41) is 13.7. The Morgan fingerprint density at radius 2 is 1.80 bits per heavy atom. The molecule has 25 heavy (non-hydrogen) atoms. The molecule has 0 amide bonds. The highest BCUT2D eigenvalue weighted by Crippen LogP contribution is 2.27. The van der Waals surface area contributed by atoms with Crippen LogP contribution in [-0.4, -0.2) is 75.3 Å². The molecular formula is C19H32N6. The molecule has 2 aliphatic heterocycles. The molecule has 1 atom stereocenters. The summed E-state index contributed by atoms with van der Waals surface area (Å²) in [6.45, 7) is 4.49. The highest BCUT2D eigenvalue weighted by atomic mass is 15.6. The van der Waals surface area contributed by atoms with Crippen LogP contribution >= 0.6 is 0 Å². The zero-order valence-electron chi connectivity index (χ0n) is 16.1. The van der Waals surface area contributed by atoms with Crippen molar-refractivity contribution in [2.45, 2.75) is 25.3 Å². The van der Waals surface area contributed by atoms with Crippen molar-refractivity contribution in [3.63, 3.8) is 0 Å². The Kier molecular flexibility index (Phi) is 7.06. The number of hydrogen-bond acceptors (Lipinski definition) is 6. The Hall–Kier alpha value is -1.81. The second-order valence-corrected chi connectivity index (χ2v) is 7.25. The largest absolute Gasteiger partial charge is 0.399 e. The van der Waals surface area contributed by atoms with E-state index in [1.165, 1.54) is 25.9 Å². The van der Waals surface area contributed by atoms with E-state index in [4.69, 9.17) is 11.0 Å². The minimum absolute atomic E-state index is 0.569. The standard InChI is InChI=1S/C13H18N4.C6H14N2/c1-16(2)12-5-6-17(9-12)13-4-3-11(15)7-10(13)8-14;1-7(2)8-5-3-4-6-8/h3-4,7,12H,5-6,9,15H2,1-2H3;3-6H2,1-2H3. The number of rotatable bonds is 3. The maximum atomic E-state index is 9.14. The van der Waals surface area contributed by atoms with E-state index in [0.29, 0.717) is 17.3 Å². The fourth-order valence-corrected chi connectivity index (χ4v) is 3.40. The van der Waals surface area contributed by atoms with Crippen LogP contribution in [0.1, 0.15) is 24.8 Å². The number of nitrogen functional groups attached to an aromatic ring is 1. The van der Waals surface area contributed by atoms with Crippen LogP contribution in [0.2, 0.25) is 0 Å². The highest BCUT2D eigenvalue weighted by molar-refractivity contribution is 5.64. The zero-order chi connectivity index (χ0) is 18.4. The molecule has 0 aliphatic carbocycles. The first-order valence-electron chi connectivity index (χ1n) is 9.05. The van der Waals surface area contributed by atoms with Gasteiger partial charge in [0, 0.05) is 52.0 Å². The number of nitrogens with two attached hydrogens (primary N) is 1. The van der Waals surface area contributed by atoms with Crippen molar-refractivity contribution in [1.82, 2.24) is 14.9 Å². The highest BCUT2D eigenvalue weighted by Gasteiger charge is 2.25. The Morgan fingerprint density at radius 1 is 1.12 bits per heavy atom. The molecule has 6 nitrogen and oxygen atoms in total. The first-order valence-corrected chi connectivity index (χ1v) is 9.05. The van der Waals surface area contributed by atoms with E-state index < -0.39 is 0 Å². The Morgan fingerprint density at radius 3 is 2.28 bits per heavy atom. The summed E-state index contributed by atoms with van der Waals surface area (Å²) in [6, 6.07) is 8.35. The van der Waals surface area contributed by atoms with Gasteiger partial charge in [-0.15, -0.1) is 0 Å². The molecule has 138 valence electrons. The van der Waals surface area contributed by atoms with Crippen LogP contribution in [0, 0.1) is 11.3 Å². The quantitative estimate of drug-likeness (QED) is 0.844. The van der Waals surface area contributed by atoms with Crippen molar-refractivity contribution in [2.75, 3.05) is 65.0 Å². The molecule has 2 saturated heterocycles. The number of nitriles is 1. The maximum Gasteiger partial charge on any atom is 0.101 e. The van der Waals surface area contributed by atoms with E-state index in [-0.39, 0.29) is 0 Å². The van der Waals surface area contributed by atoms with E-state index in [1.54, 1.807) is 6.07 Å². The van der Waals surface area contributed by atoms with Gasteiger partial charge in [0.25, 0.3) is 0 Å². The summed E-state index contributed by atoms with van der Waals surface area (Å²) in [5.41, 5.74) is 8.02. The third kappa shape index (κ3) is 5.33. The second-order valence-electron chi connectivity index (χ2n) is 7.25. The molecule has 3 rings (SSSR count). The van der Waals surface area contributed by atoms with Gasteiger partial charge in [0.1, 0.15) is 6.07 Å². The van der Waals surface area contributed by atoms with Crippen molar-refractivity contribution in [2.24, 2.45) is 0 Å². The van der Waals surface area contributed by atoms with Crippen LogP contribution in [0.25, 0.3) is 0 Å². The fourth-order valence-electron chi connectivity index (χ4n) is 3.40. The molecule has 2 N–H and O–H groups in total. The molecule has 0 bridgehead atoms.